The third-order valence-electron chi connectivity index (χ3n) is 7.14. The number of aryl methyl sites for hydroxylation is 1. The molecule has 3 heterocycles. The van der Waals surface area contributed by atoms with E-state index in [0.717, 1.165) is 47.8 Å². The lowest BCUT2D eigenvalue weighted by Gasteiger charge is -2.33. The minimum atomic E-state index is 0.114. The Morgan fingerprint density at radius 1 is 1.22 bits per heavy atom. The summed E-state index contributed by atoms with van der Waals surface area (Å²) in [5.41, 5.74) is 4.21. The van der Waals surface area contributed by atoms with Crippen LogP contribution in [0.25, 0.3) is 11.0 Å². The van der Waals surface area contributed by atoms with Gasteiger partial charge in [0.15, 0.2) is 0 Å². The van der Waals surface area contributed by atoms with E-state index in [9.17, 15) is 4.79 Å². The van der Waals surface area contributed by atoms with Crippen LogP contribution in [0.5, 0.6) is 0 Å². The number of imidazole rings is 1. The number of hydrogen-bond acceptors (Lipinski definition) is 5. The number of carbonyl (C=O) groups is 1. The highest BCUT2D eigenvalue weighted by atomic mass is 16.2. The SMILES string of the molecule is Cc1cc(C[C@H]2CCC[C@@H]3CN(CC(=O)NCCc4nc5ccccc5[nH]4)C[C@H]23)ncn1. The maximum absolute atomic E-state index is 12.6. The number of nitrogens with one attached hydrogen (secondary N) is 2. The lowest BCUT2D eigenvalue weighted by Crippen LogP contribution is -2.37. The molecule has 1 aromatic carbocycles. The number of fused-ring (bicyclic) bond motifs is 2. The highest BCUT2D eigenvalue weighted by molar-refractivity contribution is 5.78. The maximum Gasteiger partial charge on any atom is 0.234 e. The van der Waals surface area contributed by atoms with Crippen molar-refractivity contribution in [1.29, 1.82) is 0 Å². The van der Waals surface area contributed by atoms with Crippen LogP contribution in [-0.2, 0) is 17.6 Å². The highest BCUT2D eigenvalue weighted by Gasteiger charge is 2.40. The molecule has 2 aromatic heterocycles. The lowest BCUT2D eigenvalue weighted by atomic mass is 9.72. The van der Waals surface area contributed by atoms with Crippen LogP contribution in [-0.4, -0.2) is 56.9 Å². The van der Waals surface area contributed by atoms with E-state index in [-0.39, 0.29) is 5.91 Å². The van der Waals surface area contributed by atoms with Gasteiger partial charge in [0.2, 0.25) is 5.91 Å². The van der Waals surface area contributed by atoms with Gasteiger partial charge in [0.25, 0.3) is 0 Å². The topological polar surface area (TPSA) is 86.8 Å². The van der Waals surface area contributed by atoms with Crippen molar-refractivity contribution in [3.05, 3.63) is 53.9 Å². The number of aromatic nitrogens is 4. The smallest absolute Gasteiger partial charge is 0.234 e. The minimum Gasteiger partial charge on any atom is -0.355 e. The van der Waals surface area contributed by atoms with Crippen molar-refractivity contribution in [1.82, 2.24) is 30.2 Å². The van der Waals surface area contributed by atoms with Gasteiger partial charge in [0.05, 0.1) is 17.6 Å². The second kappa shape index (κ2) is 9.36. The number of para-hydroxylation sites is 2. The predicted octanol–water partition coefficient (Wildman–Crippen LogP) is 2.91. The van der Waals surface area contributed by atoms with Crippen molar-refractivity contribution in [2.24, 2.45) is 17.8 Å². The van der Waals surface area contributed by atoms with Crippen LogP contribution in [0.3, 0.4) is 0 Å². The molecule has 1 saturated carbocycles. The summed E-state index contributed by atoms with van der Waals surface area (Å²) in [5.74, 6) is 3.07. The Kier molecular flexibility index (Phi) is 6.17. The largest absolute Gasteiger partial charge is 0.355 e. The fraction of sp³-hybridized carbons (Fsp3) is 0.520. The van der Waals surface area contributed by atoms with Gasteiger partial charge in [-0.3, -0.25) is 9.69 Å². The Hall–Kier alpha value is -2.80. The van der Waals surface area contributed by atoms with Crippen molar-refractivity contribution >= 4 is 16.9 Å². The molecule has 7 heteroatoms. The van der Waals surface area contributed by atoms with Crippen LogP contribution in [0.4, 0.5) is 0 Å². The molecule has 0 bridgehead atoms. The second-order valence-electron chi connectivity index (χ2n) is 9.46. The molecule has 1 amide bonds. The lowest BCUT2D eigenvalue weighted by molar-refractivity contribution is -0.122. The molecule has 3 atom stereocenters. The van der Waals surface area contributed by atoms with Crippen LogP contribution in [0.15, 0.2) is 36.7 Å². The third-order valence-corrected chi connectivity index (χ3v) is 7.14. The fourth-order valence-corrected chi connectivity index (χ4v) is 5.66. The number of amides is 1. The molecule has 3 aromatic rings. The molecule has 1 aliphatic carbocycles. The van der Waals surface area contributed by atoms with E-state index in [4.69, 9.17) is 0 Å². The first-order chi connectivity index (χ1) is 15.6. The fourth-order valence-electron chi connectivity index (χ4n) is 5.66. The summed E-state index contributed by atoms with van der Waals surface area (Å²) in [4.78, 5) is 31.6. The average Bonchev–Trinajstić information content (AvgIpc) is 3.37. The van der Waals surface area contributed by atoms with Crippen molar-refractivity contribution < 1.29 is 4.79 Å². The molecule has 168 valence electrons. The molecule has 7 nitrogen and oxygen atoms in total. The van der Waals surface area contributed by atoms with Gasteiger partial charge < -0.3 is 10.3 Å². The molecular formula is C25H32N6O. The molecule has 1 aliphatic heterocycles. The molecule has 2 aliphatic rings. The number of H-pyrrole nitrogens is 1. The molecular weight excluding hydrogens is 400 g/mol. The van der Waals surface area contributed by atoms with Crippen LogP contribution in [0, 0.1) is 24.7 Å². The third kappa shape index (κ3) is 4.83. The zero-order valence-electron chi connectivity index (χ0n) is 18.8. The first-order valence-corrected chi connectivity index (χ1v) is 11.8. The van der Waals surface area contributed by atoms with E-state index in [0.29, 0.717) is 37.3 Å². The first-order valence-electron chi connectivity index (χ1n) is 11.8. The van der Waals surface area contributed by atoms with Crippen molar-refractivity contribution in [2.45, 2.75) is 39.0 Å². The van der Waals surface area contributed by atoms with Gasteiger partial charge >= 0.3 is 0 Å². The molecule has 32 heavy (non-hydrogen) atoms. The summed E-state index contributed by atoms with van der Waals surface area (Å²) >= 11 is 0. The second-order valence-corrected chi connectivity index (χ2v) is 9.46. The predicted molar refractivity (Wildman–Crippen MR) is 124 cm³/mol. The minimum absolute atomic E-state index is 0.114. The van der Waals surface area contributed by atoms with Crippen molar-refractivity contribution in [3.63, 3.8) is 0 Å². The van der Waals surface area contributed by atoms with Gasteiger partial charge in [-0.15, -0.1) is 0 Å². The monoisotopic (exact) mass is 432 g/mol. The molecule has 0 spiro atoms. The zero-order chi connectivity index (χ0) is 21.9. The van der Waals surface area contributed by atoms with Crippen LogP contribution < -0.4 is 5.32 Å². The maximum atomic E-state index is 12.6. The van der Waals surface area contributed by atoms with Crippen molar-refractivity contribution in [2.75, 3.05) is 26.2 Å². The van der Waals surface area contributed by atoms with E-state index >= 15 is 0 Å². The number of aromatic amines is 1. The first kappa shape index (κ1) is 21.1. The van der Waals surface area contributed by atoms with Gasteiger partial charge in [-0.05, 0) is 62.1 Å². The Morgan fingerprint density at radius 3 is 3.00 bits per heavy atom. The Bertz CT molecular complexity index is 1050. The number of carbonyl (C=O) groups excluding carboxylic acids is 1. The molecule has 2 N–H and O–H groups in total. The van der Waals surface area contributed by atoms with Crippen molar-refractivity contribution in [3.8, 4) is 0 Å². The van der Waals surface area contributed by atoms with Crippen LogP contribution in [0.2, 0.25) is 0 Å². The van der Waals surface area contributed by atoms with Crippen LogP contribution in [0.1, 0.15) is 36.5 Å². The number of nitrogens with zero attached hydrogens (tertiary/aromatic N) is 4. The Morgan fingerprint density at radius 2 is 2.12 bits per heavy atom. The van der Waals surface area contributed by atoms with Gasteiger partial charge in [-0.25, -0.2) is 15.0 Å². The number of benzene rings is 1. The van der Waals surface area contributed by atoms with Gasteiger partial charge in [0.1, 0.15) is 12.2 Å². The summed E-state index contributed by atoms with van der Waals surface area (Å²) in [6, 6.07) is 10.1. The van der Waals surface area contributed by atoms with E-state index in [2.05, 4.69) is 36.2 Å². The summed E-state index contributed by atoms with van der Waals surface area (Å²) in [7, 11) is 0. The quantitative estimate of drug-likeness (QED) is 0.600. The number of likely N-dealkylation sites (tertiary alicyclic amines) is 1. The summed E-state index contributed by atoms with van der Waals surface area (Å²) in [6.45, 7) is 5.19. The summed E-state index contributed by atoms with van der Waals surface area (Å²) in [5, 5.41) is 3.08. The number of hydrogen-bond donors (Lipinski definition) is 2. The van der Waals surface area contributed by atoms with Crippen LogP contribution >= 0.6 is 0 Å². The standard InChI is InChI=1S/C25H32N6O/c1-17-11-20(28-16-27-17)12-18-5-4-6-19-13-31(14-21(18)19)15-25(32)26-10-9-24-29-22-7-2-3-8-23(22)30-24/h2-3,7-8,11,16,18-19,21H,4-6,9-10,12-15H2,1H3,(H,26,32)(H,29,30)/t18-,19-,21-/m1/s1. The number of rotatable bonds is 7. The van der Waals surface area contributed by atoms with Gasteiger partial charge in [-0.1, -0.05) is 18.6 Å². The summed E-state index contributed by atoms with van der Waals surface area (Å²) in [6.07, 6.45) is 7.26. The van der Waals surface area contributed by atoms with E-state index < -0.39 is 0 Å². The van der Waals surface area contributed by atoms with E-state index in [1.54, 1.807) is 6.33 Å². The molecule has 2 fully saturated rings. The average molecular weight is 433 g/mol. The Balaban J connectivity index is 1.10. The molecule has 5 rings (SSSR count). The van der Waals surface area contributed by atoms with E-state index in [1.807, 2.05) is 31.2 Å². The molecule has 0 radical (unpaired) electrons. The summed E-state index contributed by atoms with van der Waals surface area (Å²) < 4.78 is 0. The normalized spacial score (nSPS) is 23.3. The molecule has 1 saturated heterocycles. The Labute approximate surface area is 189 Å². The zero-order valence-corrected chi connectivity index (χ0v) is 18.8. The van der Waals surface area contributed by atoms with Gasteiger partial charge in [0, 0.05) is 37.4 Å². The van der Waals surface area contributed by atoms with Gasteiger partial charge in [-0.2, -0.15) is 0 Å². The highest BCUT2D eigenvalue weighted by Crippen LogP contribution is 2.41. The molecule has 0 unspecified atom stereocenters. The van der Waals surface area contributed by atoms with E-state index in [1.165, 1.54) is 19.3 Å².